The van der Waals surface area contributed by atoms with E-state index in [0.29, 0.717) is 16.9 Å². The van der Waals surface area contributed by atoms with E-state index in [1.54, 1.807) is 38.1 Å². The van der Waals surface area contributed by atoms with Gasteiger partial charge in [-0.3, -0.25) is 4.72 Å². The highest BCUT2D eigenvalue weighted by molar-refractivity contribution is 7.92. The molecule has 3 N–H and O–H groups in total. The minimum atomic E-state index is -3.76. The Kier molecular flexibility index (Phi) is 3.78. The number of nitrogens with one attached hydrogen (secondary N) is 1. The van der Waals surface area contributed by atoms with Gasteiger partial charge in [-0.15, -0.1) is 0 Å². The molecule has 8 heteroatoms. The van der Waals surface area contributed by atoms with Crippen molar-refractivity contribution in [3.05, 3.63) is 41.3 Å². The molecule has 2 rings (SSSR count). The van der Waals surface area contributed by atoms with Crippen LogP contribution in [-0.4, -0.2) is 18.6 Å². The molecule has 0 atom stereocenters. The molecule has 20 heavy (non-hydrogen) atoms. The summed E-state index contributed by atoms with van der Waals surface area (Å²) in [5, 5.41) is 3.63. The second kappa shape index (κ2) is 5.22. The third-order valence-corrected chi connectivity index (χ3v) is 4.50. The topological polar surface area (TPSA) is 98.2 Å². The Morgan fingerprint density at radius 1 is 1.40 bits per heavy atom. The van der Waals surface area contributed by atoms with Crippen LogP contribution >= 0.6 is 12.2 Å². The van der Waals surface area contributed by atoms with Crippen LogP contribution < -0.4 is 10.5 Å². The van der Waals surface area contributed by atoms with Crippen molar-refractivity contribution in [3.8, 4) is 0 Å². The number of rotatable bonds is 4. The average molecular weight is 311 g/mol. The summed E-state index contributed by atoms with van der Waals surface area (Å²) in [6, 6.07) is 6.55. The molecule has 0 aliphatic carbocycles. The molecule has 106 valence electrons. The van der Waals surface area contributed by atoms with Gasteiger partial charge in [0.25, 0.3) is 10.0 Å². The van der Waals surface area contributed by atoms with Gasteiger partial charge in [0.1, 0.15) is 10.7 Å². The lowest BCUT2D eigenvalue weighted by molar-refractivity contribution is 0.390. The molecular weight excluding hydrogens is 298 g/mol. The number of nitrogens with two attached hydrogens (primary N) is 1. The molecule has 1 aromatic carbocycles. The third kappa shape index (κ3) is 2.81. The zero-order chi connectivity index (χ0) is 14.9. The second-order valence-electron chi connectivity index (χ2n) is 4.20. The van der Waals surface area contributed by atoms with Gasteiger partial charge in [-0.25, -0.2) is 8.42 Å². The van der Waals surface area contributed by atoms with Gasteiger partial charge in [0.05, 0.1) is 0 Å². The SMILES string of the molecule is Cc1noc(C)c1S(=O)(=O)Nc1cccc(C(N)=S)c1. The van der Waals surface area contributed by atoms with Gasteiger partial charge < -0.3 is 10.3 Å². The monoisotopic (exact) mass is 311 g/mol. The van der Waals surface area contributed by atoms with Gasteiger partial charge in [0, 0.05) is 11.3 Å². The molecule has 0 amide bonds. The first-order chi connectivity index (χ1) is 9.31. The fourth-order valence-electron chi connectivity index (χ4n) is 1.80. The molecule has 0 radical (unpaired) electrons. The highest BCUT2D eigenvalue weighted by atomic mass is 32.2. The van der Waals surface area contributed by atoms with E-state index < -0.39 is 10.0 Å². The van der Waals surface area contributed by atoms with E-state index in [2.05, 4.69) is 9.88 Å². The number of hydrogen-bond acceptors (Lipinski definition) is 5. The van der Waals surface area contributed by atoms with Crippen LogP contribution in [0.25, 0.3) is 0 Å². The molecule has 0 bridgehead atoms. The normalized spacial score (nSPS) is 11.3. The van der Waals surface area contributed by atoms with Crippen molar-refractivity contribution in [1.29, 1.82) is 0 Å². The van der Waals surface area contributed by atoms with Crippen LogP contribution in [0.1, 0.15) is 17.0 Å². The fourth-order valence-corrected chi connectivity index (χ4v) is 3.31. The minimum Gasteiger partial charge on any atom is -0.389 e. The van der Waals surface area contributed by atoms with Crippen molar-refractivity contribution < 1.29 is 12.9 Å². The molecule has 1 heterocycles. The summed E-state index contributed by atoms with van der Waals surface area (Å²) in [7, 11) is -3.76. The van der Waals surface area contributed by atoms with Crippen molar-refractivity contribution >= 4 is 32.9 Å². The molecule has 0 fully saturated rings. The Labute approximate surface area is 122 Å². The fraction of sp³-hybridized carbons (Fsp3) is 0.167. The standard InChI is InChI=1S/C12H13N3O3S2/c1-7-11(8(2)18-14-7)20(16,17)15-10-5-3-4-9(6-10)12(13)19/h3-6,15H,1-2H3,(H2,13,19). The van der Waals surface area contributed by atoms with Crippen LogP contribution in [0.4, 0.5) is 5.69 Å². The number of thiocarbonyl (C=S) groups is 1. The summed E-state index contributed by atoms with van der Waals surface area (Å²) >= 11 is 4.86. The molecule has 0 saturated carbocycles. The van der Waals surface area contributed by atoms with E-state index in [0.717, 1.165) is 0 Å². The molecule has 6 nitrogen and oxygen atoms in total. The largest absolute Gasteiger partial charge is 0.389 e. The van der Waals surface area contributed by atoms with Crippen molar-refractivity contribution in [2.45, 2.75) is 18.7 Å². The molecule has 0 aliphatic rings. The first kappa shape index (κ1) is 14.5. The third-order valence-electron chi connectivity index (χ3n) is 2.64. The Hall–Kier alpha value is -1.93. The molecule has 1 aromatic heterocycles. The van der Waals surface area contributed by atoms with Crippen molar-refractivity contribution in [3.63, 3.8) is 0 Å². The van der Waals surface area contributed by atoms with Gasteiger partial charge >= 0.3 is 0 Å². The number of aryl methyl sites for hydroxylation is 2. The first-order valence-electron chi connectivity index (χ1n) is 5.67. The van der Waals surface area contributed by atoms with E-state index >= 15 is 0 Å². The minimum absolute atomic E-state index is 0.0400. The number of nitrogens with zero attached hydrogens (tertiary/aromatic N) is 1. The predicted molar refractivity (Wildman–Crippen MR) is 79.1 cm³/mol. The van der Waals surface area contributed by atoms with Crippen LogP contribution in [-0.2, 0) is 10.0 Å². The van der Waals surface area contributed by atoms with Gasteiger partial charge in [0.15, 0.2) is 10.7 Å². The number of hydrogen-bond donors (Lipinski definition) is 2. The number of benzene rings is 1. The summed E-state index contributed by atoms with van der Waals surface area (Å²) in [4.78, 5) is 0.238. The summed E-state index contributed by atoms with van der Waals surface area (Å²) < 4.78 is 31.9. The quantitative estimate of drug-likeness (QED) is 0.834. The summed E-state index contributed by atoms with van der Waals surface area (Å²) in [5.41, 5.74) is 6.78. The lowest BCUT2D eigenvalue weighted by atomic mass is 10.2. The van der Waals surface area contributed by atoms with Crippen molar-refractivity contribution in [1.82, 2.24) is 5.16 Å². The first-order valence-corrected chi connectivity index (χ1v) is 7.56. The Bertz CT molecular complexity index is 747. The van der Waals surface area contributed by atoms with Crippen LogP contribution in [0, 0.1) is 13.8 Å². The maximum atomic E-state index is 12.3. The van der Waals surface area contributed by atoms with Gasteiger partial charge in [0.2, 0.25) is 0 Å². The lowest BCUT2D eigenvalue weighted by Crippen LogP contribution is -2.15. The molecule has 0 unspecified atom stereocenters. The average Bonchev–Trinajstić information content (AvgIpc) is 2.69. The van der Waals surface area contributed by atoms with Crippen LogP contribution in [0.15, 0.2) is 33.7 Å². The molecule has 2 aromatic rings. The molecule has 0 saturated heterocycles. The zero-order valence-electron chi connectivity index (χ0n) is 10.9. The van der Waals surface area contributed by atoms with E-state index in [-0.39, 0.29) is 15.6 Å². The Morgan fingerprint density at radius 2 is 2.10 bits per heavy atom. The number of sulfonamides is 1. The van der Waals surface area contributed by atoms with Crippen LogP contribution in [0.2, 0.25) is 0 Å². The summed E-state index contributed by atoms with van der Waals surface area (Å²) in [6.45, 7) is 3.11. The van der Waals surface area contributed by atoms with Crippen molar-refractivity contribution in [2.24, 2.45) is 5.73 Å². The van der Waals surface area contributed by atoms with Crippen molar-refractivity contribution in [2.75, 3.05) is 4.72 Å². The van der Waals surface area contributed by atoms with Gasteiger partial charge in [-0.1, -0.05) is 29.5 Å². The van der Waals surface area contributed by atoms with E-state index in [1.165, 1.54) is 0 Å². The second-order valence-corrected chi connectivity index (χ2v) is 6.26. The maximum absolute atomic E-state index is 12.3. The van der Waals surface area contributed by atoms with Gasteiger partial charge in [-0.05, 0) is 26.0 Å². The number of anilines is 1. The smallest absolute Gasteiger partial charge is 0.267 e. The molecule has 0 aliphatic heterocycles. The number of aromatic nitrogens is 1. The summed E-state index contributed by atoms with van der Waals surface area (Å²) in [6.07, 6.45) is 0. The van der Waals surface area contributed by atoms with Crippen LogP contribution in [0.3, 0.4) is 0 Å². The van der Waals surface area contributed by atoms with E-state index in [1.807, 2.05) is 0 Å². The predicted octanol–water partition coefficient (Wildman–Crippen LogP) is 1.73. The highest BCUT2D eigenvalue weighted by Crippen LogP contribution is 2.22. The Balaban J connectivity index is 2.39. The highest BCUT2D eigenvalue weighted by Gasteiger charge is 2.24. The zero-order valence-corrected chi connectivity index (χ0v) is 12.5. The van der Waals surface area contributed by atoms with E-state index in [9.17, 15) is 8.42 Å². The van der Waals surface area contributed by atoms with Crippen LogP contribution in [0.5, 0.6) is 0 Å². The van der Waals surface area contributed by atoms with E-state index in [4.69, 9.17) is 22.5 Å². The van der Waals surface area contributed by atoms with Gasteiger partial charge in [-0.2, -0.15) is 0 Å². The molecule has 0 spiro atoms. The maximum Gasteiger partial charge on any atom is 0.267 e. The Morgan fingerprint density at radius 3 is 2.65 bits per heavy atom. The lowest BCUT2D eigenvalue weighted by Gasteiger charge is -2.08. The summed E-state index contributed by atoms with van der Waals surface area (Å²) in [5.74, 6) is 0.237. The molecular formula is C12H13N3O3S2.